The highest BCUT2D eigenvalue weighted by atomic mass is 16.5. The second-order valence-electron chi connectivity index (χ2n) is 5.73. The molecule has 1 saturated heterocycles. The van der Waals surface area contributed by atoms with Crippen molar-refractivity contribution in [2.75, 3.05) is 13.2 Å². The minimum atomic E-state index is 0.215. The van der Waals surface area contributed by atoms with Gasteiger partial charge in [0.1, 0.15) is 5.78 Å². The fourth-order valence-corrected chi connectivity index (χ4v) is 3.83. The van der Waals surface area contributed by atoms with Crippen LogP contribution in [0.1, 0.15) is 51.4 Å². The van der Waals surface area contributed by atoms with Crippen molar-refractivity contribution in [3.05, 3.63) is 0 Å². The monoisotopic (exact) mass is 237 g/mol. The molecule has 3 heteroatoms. The standard InChI is InChI=1S/C14H23NO2/c16-13-7-3-1-2-5-11(13)15-9-10-17-14-8-4-6-12(14)15/h11-12,14H,1-10H2. The third-order valence-corrected chi connectivity index (χ3v) is 4.70. The summed E-state index contributed by atoms with van der Waals surface area (Å²) in [6, 6.07) is 0.753. The van der Waals surface area contributed by atoms with Crippen molar-refractivity contribution in [1.82, 2.24) is 4.90 Å². The van der Waals surface area contributed by atoms with Gasteiger partial charge in [-0.2, -0.15) is 0 Å². The highest BCUT2D eigenvalue weighted by Crippen LogP contribution is 2.33. The highest BCUT2D eigenvalue weighted by Gasteiger charge is 2.41. The van der Waals surface area contributed by atoms with Gasteiger partial charge in [-0.1, -0.05) is 12.8 Å². The van der Waals surface area contributed by atoms with Crippen LogP contribution in [0.25, 0.3) is 0 Å². The van der Waals surface area contributed by atoms with Crippen LogP contribution >= 0.6 is 0 Å². The molecule has 2 saturated carbocycles. The van der Waals surface area contributed by atoms with Crippen molar-refractivity contribution < 1.29 is 9.53 Å². The van der Waals surface area contributed by atoms with Crippen molar-refractivity contribution >= 4 is 5.78 Å². The maximum atomic E-state index is 12.2. The molecule has 17 heavy (non-hydrogen) atoms. The van der Waals surface area contributed by atoms with E-state index >= 15 is 0 Å². The minimum absolute atomic E-state index is 0.215. The molecule has 96 valence electrons. The van der Waals surface area contributed by atoms with Crippen LogP contribution in [0, 0.1) is 0 Å². The van der Waals surface area contributed by atoms with Gasteiger partial charge in [0.05, 0.1) is 18.8 Å². The number of carbonyl (C=O) groups excluding carboxylic acids is 1. The van der Waals surface area contributed by atoms with Gasteiger partial charge in [0.15, 0.2) is 0 Å². The number of rotatable bonds is 1. The average Bonchev–Trinajstić information content (AvgIpc) is 2.72. The molecule has 0 amide bonds. The van der Waals surface area contributed by atoms with E-state index in [1.165, 1.54) is 32.1 Å². The second-order valence-corrected chi connectivity index (χ2v) is 5.73. The summed E-state index contributed by atoms with van der Waals surface area (Å²) in [7, 11) is 0. The van der Waals surface area contributed by atoms with Crippen molar-refractivity contribution in [2.24, 2.45) is 0 Å². The van der Waals surface area contributed by atoms with E-state index in [-0.39, 0.29) is 6.04 Å². The zero-order valence-electron chi connectivity index (χ0n) is 10.6. The van der Waals surface area contributed by atoms with E-state index < -0.39 is 0 Å². The molecule has 3 rings (SSSR count). The van der Waals surface area contributed by atoms with Crippen LogP contribution in [-0.4, -0.2) is 42.0 Å². The summed E-state index contributed by atoms with van der Waals surface area (Å²) in [5.74, 6) is 0.495. The van der Waals surface area contributed by atoms with Gasteiger partial charge >= 0.3 is 0 Å². The highest BCUT2D eigenvalue weighted by molar-refractivity contribution is 5.84. The normalized spacial score (nSPS) is 40.0. The van der Waals surface area contributed by atoms with Crippen LogP contribution < -0.4 is 0 Å². The number of carbonyl (C=O) groups is 1. The van der Waals surface area contributed by atoms with Crippen LogP contribution in [0.3, 0.4) is 0 Å². The lowest BCUT2D eigenvalue weighted by Crippen LogP contribution is -2.55. The molecule has 0 radical (unpaired) electrons. The lowest BCUT2D eigenvalue weighted by atomic mass is 10.0. The van der Waals surface area contributed by atoms with Gasteiger partial charge in [0.2, 0.25) is 0 Å². The van der Waals surface area contributed by atoms with E-state index in [1.54, 1.807) is 0 Å². The molecule has 1 aliphatic heterocycles. The Balaban J connectivity index is 1.74. The molecule has 0 spiro atoms. The SMILES string of the molecule is O=C1CCCCCC1N1CCOC2CCCC21. The van der Waals surface area contributed by atoms with Crippen LogP contribution in [0.5, 0.6) is 0 Å². The molecular weight excluding hydrogens is 214 g/mol. The number of hydrogen-bond donors (Lipinski definition) is 0. The van der Waals surface area contributed by atoms with Gasteiger partial charge in [-0.25, -0.2) is 0 Å². The molecule has 3 atom stereocenters. The van der Waals surface area contributed by atoms with Gasteiger partial charge in [-0.15, -0.1) is 0 Å². The zero-order valence-corrected chi connectivity index (χ0v) is 10.6. The lowest BCUT2D eigenvalue weighted by molar-refractivity contribution is -0.131. The summed E-state index contributed by atoms with van der Waals surface area (Å²) in [6.45, 7) is 1.79. The van der Waals surface area contributed by atoms with Crippen LogP contribution in [0.15, 0.2) is 0 Å². The van der Waals surface area contributed by atoms with Crippen LogP contribution in [-0.2, 0) is 9.53 Å². The first-order valence-corrected chi connectivity index (χ1v) is 7.26. The first-order valence-electron chi connectivity index (χ1n) is 7.26. The van der Waals surface area contributed by atoms with Gasteiger partial charge < -0.3 is 4.74 Å². The molecule has 0 aromatic carbocycles. The predicted molar refractivity (Wildman–Crippen MR) is 66.0 cm³/mol. The third-order valence-electron chi connectivity index (χ3n) is 4.70. The zero-order chi connectivity index (χ0) is 11.7. The van der Waals surface area contributed by atoms with Crippen molar-refractivity contribution in [2.45, 2.75) is 69.6 Å². The summed E-state index contributed by atoms with van der Waals surface area (Å²) in [5, 5.41) is 0. The number of fused-ring (bicyclic) bond motifs is 1. The Morgan fingerprint density at radius 2 is 2.00 bits per heavy atom. The Hall–Kier alpha value is -0.410. The van der Waals surface area contributed by atoms with E-state index in [2.05, 4.69) is 4.90 Å². The molecule has 3 nitrogen and oxygen atoms in total. The average molecular weight is 237 g/mol. The molecule has 2 aliphatic carbocycles. The van der Waals surface area contributed by atoms with Crippen LogP contribution in [0.4, 0.5) is 0 Å². The Bertz CT molecular complexity index is 292. The Morgan fingerprint density at radius 3 is 2.94 bits per heavy atom. The Kier molecular flexibility index (Phi) is 3.48. The molecule has 1 heterocycles. The number of Topliss-reactive ketones (excluding diaryl/α,β-unsaturated/α-hetero) is 1. The fraction of sp³-hybridized carbons (Fsp3) is 0.929. The Morgan fingerprint density at radius 1 is 1.06 bits per heavy atom. The van der Waals surface area contributed by atoms with E-state index in [1.807, 2.05) is 0 Å². The maximum Gasteiger partial charge on any atom is 0.149 e. The van der Waals surface area contributed by atoms with E-state index in [0.717, 1.165) is 32.4 Å². The summed E-state index contributed by atoms with van der Waals surface area (Å²) in [4.78, 5) is 14.7. The third kappa shape index (κ3) is 2.27. The smallest absolute Gasteiger partial charge is 0.149 e. The van der Waals surface area contributed by atoms with Gasteiger partial charge in [0, 0.05) is 19.0 Å². The lowest BCUT2D eigenvalue weighted by Gasteiger charge is -2.41. The topological polar surface area (TPSA) is 29.5 Å². The summed E-state index contributed by atoms with van der Waals surface area (Å²) in [5.41, 5.74) is 0. The van der Waals surface area contributed by atoms with Gasteiger partial charge in [-0.3, -0.25) is 9.69 Å². The summed E-state index contributed by atoms with van der Waals surface area (Å²) >= 11 is 0. The Labute approximate surface area is 104 Å². The predicted octanol–water partition coefficient (Wildman–Crippen LogP) is 2.14. The van der Waals surface area contributed by atoms with Crippen molar-refractivity contribution in [3.8, 4) is 0 Å². The molecule has 0 aromatic rings. The fourth-order valence-electron chi connectivity index (χ4n) is 3.83. The maximum absolute atomic E-state index is 12.2. The molecule has 3 unspecified atom stereocenters. The van der Waals surface area contributed by atoms with Crippen molar-refractivity contribution in [3.63, 3.8) is 0 Å². The number of morpholine rings is 1. The van der Waals surface area contributed by atoms with E-state index in [0.29, 0.717) is 17.9 Å². The van der Waals surface area contributed by atoms with Gasteiger partial charge in [-0.05, 0) is 32.1 Å². The summed E-state index contributed by atoms with van der Waals surface area (Å²) in [6.07, 6.45) is 9.57. The first-order chi connectivity index (χ1) is 8.36. The quantitative estimate of drug-likeness (QED) is 0.654. The second kappa shape index (κ2) is 5.07. The molecule has 0 aromatic heterocycles. The number of ether oxygens (including phenoxy) is 1. The summed E-state index contributed by atoms with van der Waals surface area (Å²) < 4.78 is 5.84. The van der Waals surface area contributed by atoms with Gasteiger partial charge in [0.25, 0.3) is 0 Å². The van der Waals surface area contributed by atoms with E-state index in [4.69, 9.17) is 4.74 Å². The largest absolute Gasteiger partial charge is 0.375 e. The molecule has 3 aliphatic rings. The number of hydrogen-bond acceptors (Lipinski definition) is 3. The molecule has 3 fully saturated rings. The van der Waals surface area contributed by atoms with Crippen LogP contribution in [0.2, 0.25) is 0 Å². The first kappa shape index (κ1) is 11.7. The molecule has 0 N–H and O–H groups in total. The molecular formula is C14H23NO2. The van der Waals surface area contributed by atoms with Crippen molar-refractivity contribution in [1.29, 1.82) is 0 Å². The molecule has 0 bridgehead atoms. The minimum Gasteiger partial charge on any atom is -0.375 e. The number of ketones is 1. The number of nitrogens with zero attached hydrogens (tertiary/aromatic N) is 1. The van der Waals surface area contributed by atoms with E-state index in [9.17, 15) is 4.79 Å².